The Morgan fingerprint density at radius 2 is 1.23 bits per heavy atom. The quantitative estimate of drug-likeness (QED) is 0.144. The average molecular weight is 655 g/mol. The summed E-state index contributed by atoms with van der Waals surface area (Å²) in [6, 6.07) is 1.20. The zero-order valence-corrected chi connectivity index (χ0v) is 33.3. The van der Waals surface area contributed by atoms with Gasteiger partial charge in [-0.2, -0.15) is 0 Å². The molecule has 0 unspecified atom stereocenters. The van der Waals surface area contributed by atoms with Crippen LogP contribution in [-0.4, -0.2) is 94.4 Å². The Balaban J connectivity index is 2.76. The van der Waals surface area contributed by atoms with Gasteiger partial charge in [-0.1, -0.05) is 11.8 Å². The van der Waals surface area contributed by atoms with Gasteiger partial charge in [0.1, 0.15) is 0 Å². The molecule has 2 N–H and O–H groups in total. The lowest BCUT2D eigenvalue weighted by molar-refractivity contribution is 0.137. The highest BCUT2D eigenvalue weighted by atomic mass is 28.5. The van der Waals surface area contributed by atoms with Crippen molar-refractivity contribution in [2.24, 2.45) is 0 Å². The number of nitrogens with one attached hydrogen (secondary N) is 2. The van der Waals surface area contributed by atoms with Crippen LogP contribution in [0.1, 0.15) is 47.0 Å². The second-order valence-electron chi connectivity index (χ2n) is 14.2. The molecule has 1 rings (SSSR count). The first-order valence-corrected chi connectivity index (χ1v) is 28.0. The molecule has 0 aromatic rings. The number of piperidine rings is 1. The van der Waals surface area contributed by atoms with Crippen LogP contribution in [0, 0.1) is 0 Å². The van der Waals surface area contributed by atoms with Gasteiger partial charge in [-0.05, 0) is 106 Å². The van der Waals surface area contributed by atoms with E-state index in [0.717, 1.165) is 31.9 Å². The molecule has 40 heavy (non-hydrogen) atoms. The molecule has 0 aromatic carbocycles. The second-order valence-corrected chi connectivity index (χ2v) is 32.1. The maximum absolute atomic E-state index is 6.70. The number of hydrogen-bond acceptors (Lipinski definition) is 9. The van der Waals surface area contributed by atoms with Crippen molar-refractivity contribution < 1.29 is 30.0 Å². The van der Waals surface area contributed by atoms with Crippen LogP contribution in [0.5, 0.6) is 0 Å². The van der Waals surface area contributed by atoms with E-state index in [0.29, 0.717) is 12.6 Å². The lowest BCUT2D eigenvalue weighted by Crippen LogP contribution is -2.62. The fourth-order valence-electron chi connectivity index (χ4n) is 6.22. The number of rotatable bonds is 18. The first kappa shape index (κ1) is 38.5. The number of methoxy groups -OCH3 is 1. The Hall–Kier alpha value is 0.464. The lowest BCUT2D eigenvalue weighted by Gasteiger charge is -2.47. The zero-order valence-electron chi connectivity index (χ0n) is 28.3. The molecule has 0 bridgehead atoms. The number of ether oxygens (including phenoxy) is 1. The molecule has 1 aliphatic heterocycles. The molecule has 14 heteroatoms. The summed E-state index contributed by atoms with van der Waals surface area (Å²) in [5, 5.41) is 7.53. The molecule has 0 aliphatic carbocycles. The molecular formula is C26H62N2O7Si5. The Labute approximate surface area is 251 Å². The van der Waals surface area contributed by atoms with E-state index < -0.39 is 42.8 Å². The molecule has 1 fully saturated rings. The largest absolute Gasteiger partial charge is 0.491 e. The smallest absolute Gasteiger partial charge is 0.433 e. The Morgan fingerprint density at radius 3 is 1.70 bits per heavy atom. The van der Waals surface area contributed by atoms with Crippen molar-refractivity contribution in [1.29, 1.82) is 0 Å². The summed E-state index contributed by atoms with van der Waals surface area (Å²) in [6.45, 7) is 27.4. The maximum Gasteiger partial charge on any atom is 0.491 e. The minimum absolute atomic E-state index is 0.118. The molecule has 9 nitrogen and oxygen atoms in total. The Bertz CT molecular complexity index is 790. The second kappa shape index (κ2) is 15.0. The van der Waals surface area contributed by atoms with E-state index in [1.165, 1.54) is 0 Å². The predicted molar refractivity (Wildman–Crippen MR) is 177 cm³/mol. The van der Waals surface area contributed by atoms with Gasteiger partial charge in [-0.25, -0.2) is 0 Å². The minimum atomic E-state index is -2.92. The van der Waals surface area contributed by atoms with Gasteiger partial charge >= 0.3 is 34.5 Å². The van der Waals surface area contributed by atoms with E-state index in [1.54, 1.807) is 21.3 Å². The molecule has 0 radical (unpaired) electrons. The summed E-state index contributed by atoms with van der Waals surface area (Å²) >= 11 is 0. The Kier molecular flexibility index (Phi) is 14.4. The van der Waals surface area contributed by atoms with Crippen molar-refractivity contribution in [3.05, 3.63) is 11.8 Å². The van der Waals surface area contributed by atoms with E-state index in [9.17, 15) is 0 Å². The molecular weight excluding hydrogens is 593 g/mol. The average Bonchev–Trinajstić information content (AvgIpc) is 2.71. The van der Waals surface area contributed by atoms with Gasteiger partial charge in [0, 0.05) is 44.5 Å². The monoisotopic (exact) mass is 654 g/mol. The fourth-order valence-corrected chi connectivity index (χ4v) is 28.6. The highest BCUT2D eigenvalue weighted by molar-refractivity contribution is 6.90. The summed E-state index contributed by atoms with van der Waals surface area (Å²) in [5.41, 5.74) is 2.39. The summed E-state index contributed by atoms with van der Waals surface area (Å²) < 4.78 is 43.7. The highest BCUT2D eigenvalue weighted by Gasteiger charge is 2.49. The van der Waals surface area contributed by atoms with Crippen LogP contribution in [0.2, 0.25) is 58.4 Å². The first-order valence-electron chi connectivity index (χ1n) is 14.6. The van der Waals surface area contributed by atoms with Gasteiger partial charge < -0.3 is 40.7 Å². The van der Waals surface area contributed by atoms with Crippen molar-refractivity contribution in [2.75, 3.05) is 34.5 Å². The van der Waals surface area contributed by atoms with E-state index in [2.05, 4.69) is 96.4 Å². The topological polar surface area (TPSA) is 88.7 Å². The van der Waals surface area contributed by atoms with Crippen LogP contribution in [0.4, 0.5) is 0 Å². The van der Waals surface area contributed by atoms with Crippen LogP contribution < -0.4 is 10.6 Å². The van der Waals surface area contributed by atoms with Gasteiger partial charge in [-0.15, -0.1) is 0 Å². The van der Waals surface area contributed by atoms with E-state index in [4.69, 9.17) is 30.0 Å². The van der Waals surface area contributed by atoms with Gasteiger partial charge in [0.15, 0.2) is 8.32 Å². The van der Waals surface area contributed by atoms with Crippen molar-refractivity contribution in [2.45, 2.75) is 122 Å². The summed E-state index contributed by atoms with van der Waals surface area (Å²) in [7, 11) is -7.61. The van der Waals surface area contributed by atoms with Crippen LogP contribution in [0.15, 0.2) is 11.8 Å². The van der Waals surface area contributed by atoms with Gasteiger partial charge in [0.25, 0.3) is 0 Å². The van der Waals surface area contributed by atoms with Crippen molar-refractivity contribution in [1.82, 2.24) is 10.6 Å². The normalized spacial score (nSPS) is 19.5. The molecule has 1 saturated heterocycles. The molecule has 0 spiro atoms. The molecule has 0 saturated carbocycles. The third-order valence-corrected chi connectivity index (χ3v) is 25.0. The molecule has 1 heterocycles. The van der Waals surface area contributed by atoms with Crippen LogP contribution in [-0.2, 0) is 30.0 Å². The number of hydrogen-bond donors (Lipinski definition) is 2. The van der Waals surface area contributed by atoms with Crippen molar-refractivity contribution >= 4 is 42.8 Å². The maximum atomic E-state index is 6.70. The SMILES string of the molecule is COC/C=C/[Si](C)(C)O[Si](C)(C)O[Si](C)(C)O[Si](C)(C)O[Si](CCCNC1CC(C)(C)NC(C)(C)C1)(OC)OC. The Morgan fingerprint density at radius 1 is 0.750 bits per heavy atom. The van der Waals surface area contributed by atoms with E-state index in [1.807, 2.05) is 6.08 Å². The predicted octanol–water partition coefficient (Wildman–Crippen LogP) is 5.63. The molecule has 238 valence electrons. The minimum Gasteiger partial charge on any atom is -0.433 e. The van der Waals surface area contributed by atoms with Gasteiger partial charge in [-0.3, -0.25) is 0 Å². The summed E-state index contributed by atoms with van der Waals surface area (Å²) in [5.74, 6) is 0. The van der Waals surface area contributed by atoms with Crippen molar-refractivity contribution in [3.8, 4) is 0 Å². The van der Waals surface area contributed by atoms with E-state index >= 15 is 0 Å². The standard InChI is InChI=1S/C26H62N2O7Si5/c1-25(2)22-24(23-26(3,4)28-25)27-18-16-21-40(30-6,31-7)35-39(14,15)34-38(12,13)33-37(10,11)32-36(8,9)20-17-19-29-5/h17,20,24,27-28H,16,18-19,21-23H2,1-15H3/b20-17+. The zero-order chi connectivity index (χ0) is 31.1. The van der Waals surface area contributed by atoms with E-state index in [-0.39, 0.29) is 11.1 Å². The van der Waals surface area contributed by atoms with Crippen LogP contribution in [0.3, 0.4) is 0 Å². The molecule has 0 aromatic heterocycles. The highest BCUT2D eigenvalue weighted by Crippen LogP contribution is 2.30. The fraction of sp³-hybridized carbons (Fsp3) is 0.923. The van der Waals surface area contributed by atoms with Gasteiger partial charge in [0.05, 0.1) is 6.61 Å². The summed E-state index contributed by atoms with van der Waals surface area (Å²) in [4.78, 5) is 0. The molecule has 1 aliphatic rings. The van der Waals surface area contributed by atoms with Crippen LogP contribution in [0.25, 0.3) is 0 Å². The third-order valence-electron chi connectivity index (χ3n) is 6.58. The van der Waals surface area contributed by atoms with Crippen molar-refractivity contribution in [3.63, 3.8) is 0 Å². The lowest BCUT2D eigenvalue weighted by atomic mass is 9.79. The first-order chi connectivity index (χ1) is 18.0. The van der Waals surface area contributed by atoms with Crippen LogP contribution >= 0.6 is 0 Å². The molecule has 0 amide bonds. The third kappa shape index (κ3) is 14.8. The molecule has 0 atom stereocenters. The van der Waals surface area contributed by atoms with Gasteiger partial charge in [0.2, 0.25) is 0 Å². The summed E-state index contributed by atoms with van der Waals surface area (Å²) in [6.07, 6.45) is 5.14.